The predicted octanol–water partition coefficient (Wildman–Crippen LogP) is 3.41. The van der Waals surface area contributed by atoms with Crippen molar-refractivity contribution in [2.24, 2.45) is 5.92 Å². The molecule has 8 heteroatoms. The molecular formula is C13H15BrF2N2O3. The van der Waals surface area contributed by atoms with E-state index in [1.807, 2.05) is 13.8 Å². The van der Waals surface area contributed by atoms with E-state index < -0.39 is 33.7 Å². The number of nitro groups is 1. The number of amides is 1. The number of rotatable bonds is 6. The summed E-state index contributed by atoms with van der Waals surface area (Å²) in [6.07, 6.45) is 0.600. The molecule has 116 valence electrons. The van der Waals surface area contributed by atoms with E-state index in [2.05, 4.69) is 21.2 Å². The van der Waals surface area contributed by atoms with Crippen molar-refractivity contribution in [3.63, 3.8) is 0 Å². The van der Waals surface area contributed by atoms with Gasteiger partial charge in [0.2, 0.25) is 5.82 Å². The summed E-state index contributed by atoms with van der Waals surface area (Å²) in [6, 6.07) is 0.854. The molecule has 0 heterocycles. The Bertz CT molecular complexity index is 552. The molecule has 1 atom stereocenters. The molecule has 0 fully saturated rings. The number of benzene rings is 1. The van der Waals surface area contributed by atoms with Crippen LogP contribution in [0.2, 0.25) is 0 Å². The largest absolute Gasteiger partial charge is 0.349 e. The molecule has 1 N–H and O–H groups in total. The molecule has 0 spiro atoms. The molecule has 0 saturated carbocycles. The Hall–Kier alpha value is -1.57. The zero-order valence-corrected chi connectivity index (χ0v) is 13.1. The predicted molar refractivity (Wildman–Crippen MR) is 77.5 cm³/mol. The van der Waals surface area contributed by atoms with Crippen molar-refractivity contribution in [2.45, 2.75) is 26.3 Å². The molecule has 0 aromatic heterocycles. The molecule has 0 bridgehead atoms. The second kappa shape index (κ2) is 7.44. The fourth-order valence-corrected chi connectivity index (χ4v) is 2.30. The smallest absolute Gasteiger partial charge is 0.308 e. The topological polar surface area (TPSA) is 72.2 Å². The highest BCUT2D eigenvalue weighted by Gasteiger charge is 2.26. The van der Waals surface area contributed by atoms with Gasteiger partial charge in [0.15, 0.2) is 0 Å². The molecule has 0 aliphatic heterocycles. The highest BCUT2D eigenvalue weighted by Crippen LogP contribution is 2.23. The molecule has 1 rings (SSSR count). The number of carbonyl (C=O) groups excluding carboxylic acids is 1. The van der Waals surface area contributed by atoms with E-state index in [1.54, 1.807) is 0 Å². The van der Waals surface area contributed by atoms with Gasteiger partial charge in [-0.05, 0) is 18.4 Å². The van der Waals surface area contributed by atoms with Gasteiger partial charge in [0.05, 0.1) is 16.6 Å². The van der Waals surface area contributed by atoms with Crippen LogP contribution in [-0.2, 0) is 0 Å². The van der Waals surface area contributed by atoms with Crippen LogP contribution in [0, 0.1) is 27.7 Å². The van der Waals surface area contributed by atoms with Gasteiger partial charge >= 0.3 is 5.69 Å². The van der Waals surface area contributed by atoms with Gasteiger partial charge in [0, 0.05) is 11.4 Å². The summed E-state index contributed by atoms with van der Waals surface area (Å²) in [5.41, 5.74) is -1.72. The van der Waals surface area contributed by atoms with E-state index in [1.165, 1.54) is 0 Å². The van der Waals surface area contributed by atoms with Crippen molar-refractivity contribution in [3.05, 3.63) is 39.4 Å². The van der Waals surface area contributed by atoms with E-state index in [-0.39, 0.29) is 12.0 Å². The van der Waals surface area contributed by atoms with E-state index in [0.29, 0.717) is 23.9 Å². The summed E-state index contributed by atoms with van der Waals surface area (Å²) in [6.45, 7) is 3.75. The quantitative estimate of drug-likeness (QED) is 0.477. The van der Waals surface area contributed by atoms with Crippen molar-refractivity contribution >= 4 is 27.5 Å². The molecular weight excluding hydrogens is 350 g/mol. The molecule has 0 saturated heterocycles. The van der Waals surface area contributed by atoms with E-state index in [0.717, 1.165) is 0 Å². The summed E-state index contributed by atoms with van der Waals surface area (Å²) < 4.78 is 27.2. The van der Waals surface area contributed by atoms with Gasteiger partial charge in [-0.25, -0.2) is 4.39 Å². The lowest BCUT2D eigenvalue weighted by molar-refractivity contribution is -0.387. The monoisotopic (exact) mass is 364 g/mol. The van der Waals surface area contributed by atoms with Crippen molar-refractivity contribution in [1.29, 1.82) is 0 Å². The minimum absolute atomic E-state index is 0.0816. The Kier molecular flexibility index (Phi) is 6.19. The Morgan fingerprint density at radius 1 is 1.43 bits per heavy atom. The lowest BCUT2D eigenvalue weighted by Gasteiger charge is -2.21. The van der Waals surface area contributed by atoms with Crippen molar-refractivity contribution in [2.75, 3.05) is 5.33 Å². The standard InChI is InChI=1S/C13H15BrF2N2O3/c1-7(2)10(3-4-14)17-13(19)9-5-8(15)6-11(12(9)16)18(20)21/h5-7,10H,3-4H2,1-2H3,(H,17,19). The van der Waals surface area contributed by atoms with Crippen molar-refractivity contribution < 1.29 is 18.5 Å². The molecule has 0 aliphatic carbocycles. The first-order valence-electron chi connectivity index (χ1n) is 6.28. The molecule has 0 radical (unpaired) electrons. The first kappa shape index (κ1) is 17.5. The zero-order chi connectivity index (χ0) is 16.2. The first-order valence-corrected chi connectivity index (χ1v) is 7.40. The lowest BCUT2D eigenvalue weighted by atomic mass is 10.0. The molecule has 0 aliphatic rings. The van der Waals surface area contributed by atoms with Crippen molar-refractivity contribution in [3.8, 4) is 0 Å². The first-order chi connectivity index (χ1) is 9.77. The minimum atomic E-state index is -1.33. The number of halogens is 3. The lowest BCUT2D eigenvalue weighted by Crippen LogP contribution is -2.39. The van der Waals surface area contributed by atoms with E-state index in [4.69, 9.17) is 0 Å². The van der Waals surface area contributed by atoms with Gasteiger partial charge in [-0.2, -0.15) is 4.39 Å². The van der Waals surface area contributed by atoms with Crippen LogP contribution in [-0.4, -0.2) is 22.2 Å². The Labute approximate surface area is 129 Å². The Morgan fingerprint density at radius 2 is 2.05 bits per heavy atom. The maximum Gasteiger partial charge on any atom is 0.308 e. The summed E-state index contributed by atoms with van der Waals surface area (Å²) in [7, 11) is 0. The fourth-order valence-electron chi connectivity index (χ4n) is 1.81. The van der Waals surface area contributed by atoms with Crippen LogP contribution in [0.4, 0.5) is 14.5 Å². The van der Waals surface area contributed by atoms with Gasteiger partial charge in [0.1, 0.15) is 5.82 Å². The molecule has 1 unspecified atom stereocenters. The van der Waals surface area contributed by atoms with Crippen LogP contribution < -0.4 is 5.32 Å². The number of alkyl halides is 1. The van der Waals surface area contributed by atoms with Crippen LogP contribution in [0.3, 0.4) is 0 Å². The van der Waals surface area contributed by atoms with Crippen LogP contribution in [0.1, 0.15) is 30.6 Å². The zero-order valence-electron chi connectivity index (χ0n) is 11.5. The SMILES string of the molecule is CC(C)C(CCBr)NC(=O)c1cc(F)cc([N+](=O)[O-])c1F. The Balaban J connectivity index is 3.10. The highest BCUT2D eigenvalue weighted by atomic mass is 79.9. The van der Waals surface area contributed by atoms with Crippen LogP contribution in [0.5, 0.6) is 0 Å². The van der Waals surface area contributed by atoms with Gasteiger partial charge in [-0.15, -0.1) is 0 Å². The molecule has 5 nitrogen and oxygen atoms in total. The number of carbonyl (C=O) groups is 1. The third kappa shape index (κ3) is 4.45. The summed E-state index contributed by atoms with van der Waals surface area (Å²) >= 11 is 3.25. The van der Waals surface area contributed by atoms with Gasteiger partial charge in [0.25, 0.3) is 5.91 Å². The van der Waals surface area contributed by atoms with Gasteiger partial charge in [-0.3, -0.25) is 14.9 Å². The number of nitrogens with zero attached hydrogens (tertiary/aromatic N) is 1. The second-order valence-corrected chi connectivity index (χ2v) is 5.64. The number of nitro benzene ring substituents is 1. The van der Waals surface area contributed by atoms with E-state index in [9.17, 15) is 23.7 Å². The average molecular weight is 365 g/mol. The van der Waals surface area contributed by atoms with Crippen molar-refractivity contribution in [1.82, 2.24) is 5.32 Å². The fraction of sp³-hybridized carbons (Fsp3) is 0.462. The maximum atomic E-state index is 13.9. The minimum Gasteiger partial charge on any atom is -0.349 e. The maximum absolute atomic E-state index is 13.9. The van der Waals surface area contributed by atoms with Gasteiger partial charge < -0.3 is 5.32 Å². The number of hydrogen-bond donors (Lipinski definition) is 1. The molecule has 1 aromatic carbocycles. The third-order valence-corrected chi connectivity index (χ3v) is 3.46. The molecule has 1 amide bonds. The average Bonchev–Trinajstić information content (AvgIpc) is 2.39. The highest BCUT2D eigenvalue weighted by molar-refractivity contribution is 9.09. The Morgan fingerprint density at radius 3 is 2.52 bits per heavy atom. The summed E-state index contributed by atoms with van der Waals surface area (Å²) in [5, 5.41) is 13.8. The van der Waals surface area contributed by atoms with Crippen LogP contribution in [0.25, 0.3) is 0 Å². The number of hydrogen-bond acceptors (Lipinski definition) is 3. The van der Waals surface area contributed by atoms with Gasteiger partial charge in [-0.1, -0.05) is 29.8 Å². The number of nitrogens with one attached hydrogen (secondary N) is 1. The molecule has 1 aromatic rings. The summed E-state index contributed by atoms with van der Waals surface area (Å²) in [5.74, 6) is -3.15. The summed E-state index contributed by atoms with van der Waals surface area (Å²) in [4.78, 5) is 21.6. The van der Waals surface area contributed by atoms with Crippen LogP contribution in [0.15, 0.2) is 12.1 Å². The normalized spacial score (nSPS) is 12.3. The van der Waals surface area contributed by atoms with E-state index >= 15 is 0 Å². The third-order valence-electron chi connectivity index (χ3n) is 3.00. The molecule has 21 heavy (non-hydrogen) atoms. The van der Waals surface area contributed by atoms with Crippen LogP contribution >= 0.6 is 15.9 Å². The second-order valence-electron chi connectivity index (χ2n) is 4.85.